The highest BCUT2D eigenvalue weighted by atomic mass is 16.3. The Kier molecular flexibility index (Phi) is 5.62. The van der Waals surface area contributed by atoms with E-state index in [0.29, 0.717) is 25.9 Å². The molecule has 0 aliphatic rings. The van der Waals surface area contributed by atoms with Crippen LogP contribution in [-0.2, 0) is 11.3 Å². The van der Waals surface area contributed by atoms with Crippen LogP contribution in [0.3, 0.4) is 0 Å². The van der Waals surface area contributed by atoms with Gasteiger partial charge >= 0.3 is 0 Å². The number of aromatic nitrogens is 3. The van der Waals surface area contributed by atoms with E-state index in [1.165, 1.54) is 6.33 Å². The largest absolute Gasteiger partial charge is 0.396 e. The molecule has 1 rings (SSSR count). The summed E-state index contributed by atoms with van der Waals surface area (Å²) in [5.74, 6) is 0.0870. The number of hydrogen-bond acceptors (Lipinski definition) is 4. The molecule has 1 aromatic rings. The molecule has 0 bridgehead atoms. The van der Waals surface area contributed by atoms with Crippen LogP contribution in [0.2, 0.25) is 0 Å². The van der Waals surface area contributed by atoms with Crippen LogP contribution < -0.4 is 0 Å². The highest BCUT2D eigenvalue weighted by Crippen LogP contribution is 2.04. The van der Waals surface area contributed by atoms with E-state index in [-0.39, 0.29) is 18.6 Å². The molecule has 0 atom stereocenters. The van der Waals surface area contributed by atoms with Gasteiger partial charge in [-0.15, -0.1) is 0 Å². The Balaban J connectivity index is 2.42. The SMILES string of the molecule is CC(C)N(CCCO)C(=O)CCn1cncn1. The molecule has 1 N–H and O–H groups in total. The van der Waals surface area contributed by atoms with Crippen LogP contribution in [0.15, 0.2) is 12.7 Å². The van der Waals surface area contributed by atoms with E-state index in [0.717, 1.165) is 0 Å². The lowest BCUT2D eigenvalue weighted by molar-refractivity contribution is -0.133. The van der Waals surface area contributed by atoms with Crippen LogP contribution in [0.1, 0.15) is 26.7 Å². The topological polar surface area (TPSA) is 71.2 Å². The van der Waals surface area contributed by atoms with Gasteiger partial charge in [0.2, 0.25) is 5.91 Å². The van der Waals surface area contributed by atoms with Gasteiger partial charge in [0.25, 0.3) is 0 Å². The summed E-state index contributed by atoms with van der Waals surface area (Å²) in [6, 6.07) is 0.157. The zero-order valence-corrected chi connectivity index (χ0v) is 10.4. The maximum Gasteiger partial charge on any atom is 0.224 e. The molecular weight excluding hydrogens is 220 g/mol. The molecule has 1 aromatic heterocycles. The van der Waals surface area contributed by atoms with Gasteiger partial charge in [0.1, 0.15) is 12.7 Å². The number of hydrogen-bond donors (Lipinski definition) is 1. The molecule has 17 heavy (non-hydrogen) atoms. The second kappa shape index (κ2) is 7.01. The van der Waals surface area contributed by atoms with Crippen molar-refractivity contribution in [2.45, 2.75) is 39.3 Å². The summed E-state index contributed by atoms with van der Waals surface area (Å²) in [5, 5.41) is 12.7. The first-order chi connectivity index (χ1) is 8.15. The van der Waals surface area contributed by atoms with Gasteiger partial charge in [0, 0.05) is 25.6 Å². The first kappa shape index (κ1) is 13.6. The predicted octanol–water partition coefficient (Wildman–Crippen LogP) is 0.288. The van der Waals surface area contributed by atoms with Gasteiger partial charge in [-0.25, -0.2) is 4.98 Å². The first-order valence-electron chi connectivity index (χ1n) is 5.88. The van der Waals surface area contributed by atoms with E-state index in [1.54, 1.807) is 15.9 Å². The smallest absolute Gasteiger partial charge is 0.224 e. The summed E-state index contributed by atoms with van der Waals surface area (Å²) in [6.45, 7) is 5.21. The zero-order valence-electron chi connectivity index (χ0n) is 10.4. The van der Waals surface area contributed by atoms with E-state index in [2.05, 4.69) is 10.1 Å². The van der Waals surface area contributed by atoms with Crippen molar-refractivity contribution in [3.8, 4) is 0 Å². The van der Waals surface area contributed by atoms with Crippen molar-refractivity contribution < 1.29 is 9.90 Å². The van der Waals surface area contributed by atoms with Gasteiger partial charge in [0.05, 0.1) is 6.54 Å². The van der Waals surface area contributed by atoms with Gasteiger partial charge in [-0.1, -0.05) is 0 Å². The van der Waals surface area contributed by atoms with E-state index < -0.39 is 0 Å². The molecule has 0 aliphatic heterocycles. The second-order valence-electron chi connectivity index (χ2n) is 4.17. The fourth-order valence-electron chi connectivity index (χ4n) is 1.61. The average molecular weight is 240 g/mol. The molecule has 0 saturated carbocycles. The van der Waals surface area contributed by atoms with Crippen molar-refractivity contribution in [3.05, 3.63) is 12.7 Å². The Morgan fingerprint density at radius 3 is 2.82 bits per heavy atom. The average Bonchev–Trinajstić information content (AvgIpc) is 2.79. The summed E-state index contributed by atoms with van der Waals surface area (Å²) >= 11 is 0. The number of aliphatic hydroxyl groups excluding tert-OH is 1. The normalized spacial score (nSPS) is 10.8. The predicted molar refractivity (Wildman–Crippen MR) is 63.2 cm³/mol. The number of rotatable bonds is 7. The summed E-state index contributed by atoms with van der Waals surface area (Å²) in [6.07, 6.45) is 4.08. The maximum absolute atomic E-state index is 12.0. The molecule has 0 spiro atoms. The molecule has 1 amide bonds. The molecular formula is C11H20N4O2. The van der Waals surface area contributed by atoms with Crippen LogP contribution in [-0.4, -0.2) is 49.9 Å². The van der Waals surface area contributed by atoms with Crippen molar-refractivity contribution in [2.75, 3.05) is 13.2 Å². The molecule has 96 valence electrons. The zero-order chi connectivity index (χ0) is 12.7. The molecule has 0 fully saturated rings. The minimum Gasteiger partial charge on any atom is -0.396 e. The molecule has 0 unspecified atom stereocenters. The summed E-state index contributed by atoms with van der Waals surface area (Å²) in [5.41, 5.74) is 0. The Morgan fingerprint density at radius 1 is 1.53 bits per heavy atom. The van der Waals surface area contributed by atoms with Crippen molar-refractivity contribution in [3.63, 3.8) is 0 Å². The van der Waals surface area contributed by atoms with Crippen LogP contribution in [0.4, 0.5) is 0 Å². The number of nitrogens with zero attached hydrogens (tertiary/aromatic N) is 4. The van der Waals surface area contributed by atoms with Crippen LogP contribution in [0.5, 0.6) is 0 Å². The lowest BCUT2D eigenvalue weighted by Crippen LogP contribution is -2.38. The third-order valence-electron chi connectivity index (χ3n) is 2.52. The lowest BCUT2D eigenvalue weighted by Gasteiger charge is -2.26. The van der Waals surface area contributed by atoms with Crippen LogP contribution >= 0.6 is 0 Å². The Morgan fingerprint density at radius 2 is 2.29 bits per heavy atom. The first-order valence-corrected chi connectivity index (χ1v) is 5.88. The van der Waals surface area contributed by atoms with Gasteiger partial charge < -0.3 is 10.0 Å². The van der Waals surface area contributed by atoms with Crippen molar-refractivity contribution in [1.29, 1.82) is 0 Å². The second-order valence-corrected chi connectivity index (χ2v) is 4.17. The van der Waals surface area contributed by atoms with Crippen LogP contribution in [0, 0.1) is 0 Å². The molecule has 0 aromatic carbocycles. The van der Waals surface area contributed by atoms with Crippen molar-refractivity contribution in [2.24, 2.45) is 0 Å². The minimum absolute atomic E-state index is 0.0870. The fraction of sp³-hybridized carbons (Fsp3) is 0.727. The molecule has 0 saturated heterocycles. The van der Waals surface area contributed by atoms with E-state index in [1.807, 2.05) is 13.8 Å². The van der Waals surface area contributed by atoms with Crippen LogP contribution in [0.25, 0.3) is 0 Å². The number of carbonyl (C=O) groups is 1. The minimum atomic E-state index is 0.0870. The molecule has 6 heteroatoms. The third kappa shape index (κ3) is 4.52. The van der Waals surface area contributed by atoms with Crippen molar-refractivity contribution in [1.82, 2.24) is 19.7 Å². The maximum atomic E-state index is 12.0. The number of aryl methyl sites for hydroxylation is 1. The molecule has 6 nitrogen and oxygen atoms in total. The molecule has 0 radical (unpaired) electrons. The molecule has 0 aliphatic carbocycles. The summed E-state index contributed by atoms with van der Waals surface area (Å²) in [4.78, 5) is 17.6. The Hall–Kier alpha value is -1.43. The van der Waals surface area contributed by atoms with Gasteiger partial charge in [0.15, 0.2) is 0 Å². The monoisotopic (exact) mass is 240 g/mol. The highest BCUT2D eigenvalue weighted by molar-refractivity contribution is 5.76. The number of carbonyl (C=O) groups excluding carboxylic acids is 1. The van der Waals surface area contributed by atoms with Gasteiger partial charge in [-0.05, 0) is 20.3 Å². The Labute approximate surface area is 101 Å². The standard InChI is InChI=1S/C11H20N4O2/c1-10(2)15(5-3-7-16)11(17)4-6-14-9-12-8-13-14/h8-10,16H,3-7H2,1-2H3. The quantitative estimate of drug-likeness (QED) is 0.743. The highest BCUT2D eigenvalue weighted by Gasteiger charge is 2.16. The summed E-state index contributed by atoms with van der Waals surface area (Å²) in [7, 11) is 0. The Bertz CT molecular complexity index is 324. The molecule has 1 heterocycles. The fourth-order valence-corrected chi connectivity index (χ4v) is 1.61. The van der Waals surface area contributed by atoms with Crippen molar-refractivity contribution >= 4 is 5.91 Å². The van der Waals surface area contributed by atoms with Gasteiger partial charge in [-0.3, -0.25) is 9.48 Å². The number of aliphatic hydroxyl groups is 1. The van der Waals surface area contributed by atoms with E-state index >= 15 is 0 Å². The lowest BCUT2D eigenvalue weighted by atomic mass is 10.2. The van der Waals surface area contributed by atoms with E-state index in [4.69, 9.17) is 5.11 Å². The number of amides is 1. The summed E-state index contributed by atoms with van der Waals surface area (Å²) < 4.78 is 1.64. The third-order valence-corrected chi connectivity index (χ3v) is 2.52. The van der Waals surface area contributed by atoms with Gasteiger partial charge in [-0.2, -0.15) is 5.10 Å². The van der Waals surface area contributed by atoms with E-state index in [9.17, 15) is 4.79 Å².